The topological polar surface area (TPSA) is 84.5 Å². The number of hydrogen-bond acceptors (Lipinski definition) is 4. The highest BCUT2D eigenvalue weighted by atomic mass is 32.2. The normalized spacial score (nSPS) is 11.1. The van der Waals surface area contributed by atoms with Crippen LogP contribution in [0.15, 0.2) is 36.4 Å². The molecule has 0 unspecified atom stereocenters. The monoisotopic (exact) mass is 398 g/mol. The lowest BCUT2D eigenvalue weighted by Crippen LogP contribution is -2.18. The molecule has 0 saturated carbocycles. The smallest absolute Gasteiger partial charge is 0.232 e. The van der Waals surface area contributed by atoms with Crippen LogP contribution in [-0.2, 0) is 21.4 Å². The highest BCUT2D eigenvalue weighted by Gasteiger charge is 2.18. The number of benzene rings is 2. The Balaban J connectivity index is 2.14. The number of carbonyl (C=O) groups is 1. The highest BCUT2D eigenvalue weighted by Crippen LogP contribution is 2.24. The maximum Gasteiger partial charge on any atom is 0.232 e. The molecule has 0 fully saturated rings. The first-order valence-electron chi connectivity index (χ1n) is 8.19. The molecule has 2 aromatic rings. The summed E-state index contributed by atoms with van der Waals surface area (Å²) in [5.41, 5.74) is -0.165. The van der Waals surface area contributed by atoms with Crippen LogP contribution in [0.2, 0.25) is 0 Å². The maximum absolute atomic E-state index is 14.5. The van der Waals surface area contributed by atoms with Gasteiger partial charge in [-0.2, -0.15) is 0 Å². The summed E-state index contributed by atoms with van der Waals surface area (Å²) in [4.78, 5) is 11.0. The summed E-state index contributed by atoms with van der Waals surface area (Å²) in [6.07, 6.45) is 0.364. The summed E-state index contributed by atoms with van der Waals surface area (Å²) < 4.78 is 59.6. The van der Waals surface area contributed by atoms with Gasteiger partial charge in [0, 0.05) is 12.6 Å². The fraction of sp³-hybridized carbons (Fsp3) is 0.278. The largest absolute Gasteiger partial charge is 0.489 e. The molecular weight excluding hydrogens is 378 g/mol. The lowest BCUT2D eigenvalue weighted by Gasteiger charge is -2.13. The Morgan fingerprint density at radius 3 is 2.37 bits per heavy atom. The van der Waals surface area contributed by atoms with E-state index in [1.807, 2.05) is 0 Å². The quantitative estimate of drug-likeness (QED) is 0.711. The van der Waals surface area contributed by atoms with Crippen LogP contribution in [0.25, 0.3) is 0 Å². The third-order valence-electron chi connectivity index (χ3n) is 3.48. The third kappa shape index (κ3) is 5.92. The Kier molecular flexibility index (Phi) is 6.73. The Bertz CT molecular complexity index is 916. The SMILES string of the molecule is CCCS(=O)(=O)Nc1ccc(F)c(COc2ccc(NC(C)=O)cc2)c1F. The first-order valence-corrected chi connectivity index (χ1v) is 9.85. The summed E-state index contributed by atoms with van der Waals surface area (Å²) in [7, 11) is -3.71. The summed E-state index contributed by atoms with van der Waals surface area (Å²) in [6.45, 7) is 2.62. The van der Waals surface area contributed by atoms with E-state index in [0.29, 0.717) is 17.9 Å². The van der Waals surface area contributed by atoms with Gasteiger partial charge in [-0.1, -0.05) is 6.92 Å². The summed E-state index contributed by atoms with van der Waals surface area (Å²) in [5.74, 6) is -1.93. The van der Waals surface area contributed by atoms with E-state index >= 15 is 0 Å². The van der Waals surface area contributed by atoms with Crippen molar-refractivity contribution >= 4 is 27.3 Å². The zero-order valence-electron chi connectivity index (χ0n) is 14.9. The standard InChI is InChI=1S/C18H20F2N2O4S/c1-3-10-27(24,25)22-17-9-8-16(19)15(18(17)20)11-26-14-6-4-13(5-7-14)21-12(2)23/h4-9,22H,3,10-11H2,1-2H3,(H,21,23). The minimum atomic E-state index is -3.71. The van der Waals surface area contributed by atoms with Crippen LogP contribution < -0.4 is 14.8 Å². The molecule has 0 aliphatic rings. The molecule has 27 heavy (non-hydrogen) atoms. The van der Waals surface area contributed by atoms with Crippen LogP contribution in [0.3, 0.4) is 0 Å². The first-order chi connectivity index (χ1) is 12.7. The van der Waals surface area contributed by atoms with Crippen molar-refractivity contribution < 1.29 is 26.7 Å². The van der Waals surface area contributed by atoms with Crippen molar-refractivity contribution in [3.05, 3.63) is 53.6 Å². The first kappa shape index (κ1) is 20.6. The molecule has 2 N–H and O–H groups in total. The van der Waals surface area contributed by atoms with E-state index in [4.69, 9.17) is 4.74 Å². The highest BCUT2D eigenvalue weighted by molar-refractivity contribution is 7.92. The molecule has 0 heterocycles. The Labute approximate surface area is 156 Å². The molecule has 0 spiro atoms. The number of rotatable bonds is 8. The molecule has 6 nitrogen and oxygen atoms in total. The number of carbonyl (C=O) groups excluding carboxylic acids is 1. The molecule has 0 radical (unpaired) electrons. The molecule has 0 saturated heterocycles. The van der Waals surface area contributed by atoms with Crippen LogP contribution in [0.4, 0.5) is 20.2 Å². The summed E-state index contributed by atoms with van der Waals surface area (Å²) >= 11 is 0. The molecule has 0 aliphatic heterocycles. The van der Waals surface area contributed by atoms with Gasteiger partial charge < -0.3 is 10.1 Å². The molecule has 2 rings (SSSR count). The van der Waals surface area contributed by atoms with Crippen molar-refractivity contribution in [2.45, 2.75) is 26.9 Å². The number of amides is 1. The van der Waals surface area contributed by atoms with E-state index in [9.17, 15) is 22.0 Å². The molecule has 0 atom stereocenters. The van der Waals surface area contributed by atoms with E-state index in [2.05, 4.69) is 10.0 Å². The molecule has 2 aromatic carbocycles. The number of ether oxygens (including phenoxy) is 1. The van der Waals surface area contributed by atoms with Gasteiger partial charge in [0.15, 0.2) is 5.82 Å². The van der Waals surface area contributed by atoms with Gasteiger partial charge in [-0.15, -0.1) is 0 Å². The van der Waals surface area contributed by atoms with Crippen molar-refractivity contribution in [2.24, 2.45) is 0 Å². The van der Waals surface area contributed by atoms with Gasteiger partial charge >= 0.3 is 0 Å². The van der Waals surface area contributed by atoms with Crippen LogP contribution >= 0.6 is 0 Å². The lowest BCUT2D eigenvalue weighted by molar-refractivity contribution is -0.114. The molecule has 0 aromatic heterocycles. The Morgan fingerprint density at radius 1 is 1.11 bits per heavy atom. The van der Waals surface area contributed by atoms with Crippen LogP contribution in [-0.4, -0.2) is 20.1 Å². The number of halogens is 2. The molecule has 0 aliphatic carbocycles. The zero-order chi connectivity index (χ0) is 20.0. The maximum atomic E-state index is 14.5. The summed E-state index contributed by atoms with van der Waals surface area (Å²) in [5, 5.41) is 2.58. The average Bonchev–Trinajstić information content (AvgIpc) is 2.58. The van der Waals surface area contributed by atoms with Crippen LogP contribution in [0.5, 0.6) is 5.75 Å². The van der Waals surface area contributed by atoms with Gasteiger partial charge in [0.25, 0.3) is 0 Å². The predicted octanol–water partition coefficient (Wildman–Crippen LogP) is 3.65. The Morgan fingerprint density at radius 2 is 1.78 bits per heavy atom. The summed E-state index contributed by atoms with van der Waals surface area (Å²) in [6, 6.07) is 8.25. The molecular formula is C18H20F2N2O4S. The van der Waals surface area contributed by atoms with Gasteiger partial charge in [-0.25, -0.2) is 17.2 Å². The van der Waals surface area contributed by atoms with Crippen molar-refractivity contribution in [2.75, 3.05) is 15.8 Å². The zero-order valence-corrected chi connectivity index (χ0v) is 15.7. The molecule has 0 bridgehead atoms. The van der Waals surface area contributed by atoms with Gasteiger partial charge in [0.05, 0.1) is 17.0 Å². The van der Waals surface area contributed by atoms with E-state index in [0.717, 1.165) is 12.1 Å². The van der Waals surface area contributed by atoms with E-state index < -0.39 is 33.8 Å². The third-order valence-corrected chi connectivity index (χ3v) is 4.96. The molecule has 1 amide bonds. The van der Waals surface area contributed by atoms with Crippen molar-refractivity contribution in [3.8, 4) is 5.75 Å². The fourth-order valence-corrected chi connectivity index (χ4v) is 3.42. The van der Waals surface area contributed by atoms with Crippen LogP contribution in [0.1, 0.15) is 25.8 Å². The minimum absolute atomic E-state index is 0.170. The van der Waals surface area contributed by atoms with Gasteiger partial charge in [0.2, 0.25) is 15.9 Å². The Hall–Kier alpha value is -2.68. The lowest BCUT2D eigenvalue weighted by atomic mass is 10.2. The van der Waals surface area contributed by atoms with E-state index in [1.54, 1.807) is 19.1 Å². The molecule has 146 valence electrons. The minimum Gasteiger partial charge on any atom is -0.489 e. The number of hydrogen-bond donors (Lipinski definition) is 2. The van der Waals surface area contributed by atoms with Gasteiger partial charge in [-0.3, -0.25) is 9.52 Å². The predicted molar refractivity (Wildman–Crippen MR) is 99.1 cm³/mol. The van der Waals surface area contributed by atoms with Crippen molar-refractivity contribution in [3.63, 3.8) is 0 Å². The second-order valence-corrected chi connectivity index (χ2v) is 7.64. The second kappa shape index (κ2) is 8.81. The number of sulfonamides is 1. The number of nitrogens with one attached hydrogen (secondary N) is 2. The van der Waals surface area contributed by atoms with Crippen LogP contribution in [0, 0.1) is 11.6 Å². The van der Waals surface area contributed by atoms with Crippen molar-refractivity contribution in [1.29, 1.82) is 0 Å². The van der Waals surface area contributed by atoms with E-state index in [1.165, 1.54) is 19.1 Å². The second-order valence-electron chi connectivity index (χ2n) is 5.80. The van der Waals surface area contributed by atoms with Crippen molar-refractivity contribution in [1.82, 2.24) is 0 Å². The number of anilines is 2. The fourth-order valence-electron chi connectivity index (χ4n) is 2.29. The molecule has 9 heteroatoms. The van der Waals surface area contributed by atoms with E-state index in [-0.39, 0.29) is 17.3 Å². The van der Waals surface area contributed by atoms with Gasteiger partial charge in [0.1, 0.15) is 18.2 Å². The van der Waals surface area contributed by atoms with Gasteiger partial charge in [-0.05, 0) is 42.8 Å². The average molecular weight is 398 g/mol.